The van der Waals surface area contributed by atoms with Crippen molar-refractivity contribution >= 4 is 45.0 Å². The van der Waals surface area contributed by atoms with Gasteiger partial charge in [-0.1, -0.05) is 0 Å². The van der Waals surface area contributed by atoms with E-state index < -0.39 is 12.4 Å². The van der Waals surface area contributed by atoms with Gasteiger partial charge in [0.2, 0.25) is 0 Å². The van der Waals surface area contributed by atoms with Crippen molar-refractivity contribution in [2.75, 3.05) is 13.2 Å². The summed E-state index contributed by atoms with van der Waals surface area (Å²) < 4.78 is 4.84. The average molecular weight is 382 g/mol. The molecule has 0 bridgehead atoms. The third kappa shape index (κ3) is 4.84. The Bertz CT molecular complexity index is 769. The topological polar surface area (TPSA) is 46.5 Å². The molecule has 4 rings (SSSR count). The van der Waals surface area contributed by atoms with Crippen LogP contribution in [0.4, 0.5) is 0 Å². The van der Waals surface area contributed by atoms with Gasteiger partial charge in [-0.2, -0.15) is 0 Å². The Labute approximate surface area is 175 Å². The van der Waals surface area contributed by atoms with Crippen molar-refractivity contribution in [3.05, 3.63) is 91.0 Å². The number of aliphatic carboxylic acids is 1. The summed E-state index contributed by atoms with van der Waals surface area (Å²) in [4.78, 5) is 10.1. The SMILES string of the molecule is O=C(O)C1CCOC1.[Li][Si](c1ccccc1)(c1ccccc1)c1ccccc1. The van der Waals surface area contributed by atoms with E-state index in [2.05, 4.69) is 108 Å². The van der Waals surface area contributed by atoms with Crippen LogP contribution >= 0.6 is 0 Å². The molecule has 5 heteroatoms. The monoisotopic (exact) mass is 382 g/mol. The molecule has 3 nitrogen and oxygen atoms in total. The van der Waals surface area contributed by atoms with Gasteiger partial charge < -0.3 is 9.84 Å². The van der Waals surface area contributed by atoms with Gasteiger partial charge in [-0.05, 0) is 6.42 Å². The molecule has 0 radical (unpaired) electrons. The second-order valence-corrected chi connectivity index (χ2v) is 11.1. The van der Waals surface area contributed by atoms with E-state index in [4.69, 9.17) is 9.84 Å². The van der Waals surface area contributed by atoms with E-state index in [1.807, 2.05) is 0 Å². The van der Waals surface area contributed by atoms with Gasteiger partial charge in [-0.3, -0.25) is 4.79 Å². The van der Waals surface area contributed by atoms with Gasteiger partial charge in [0.25, 0.3) is 0 Å². The number of carboxylic acid groups (broad SMARTS) is 1. The van der Waals surface area contributed by atoms with Crippen LogP contribution in [-0.2, 0) is 9.53 Å². The van der Waals surface area contributed by atoms with Gasteiger partial charge in [0.1, 0.15) is 0 Å². The molecule has 1 aliphatic heterocycles. The molecule has 138 valence electrons. The van der Waals surface area contributed by atoms with Crippen molar-refractivity contribution in [2.24, 2.45) is 5.92 Å². The summed E-state index contributed by atoms with van der Waals surface area (Å²) in [6, 6.07) is 32.8. The number of benzene rings is 3. The number of hydrogen-bond acceptors (Lipinski definition) is 2. The third-order valence-electron chi connectivity index (χ3n) is 5.33. The molecule has 1 fully saturated rings. The van der Waals surface area contributed by atoms with Crippen LogP contribution in [0.5, 0.6) is 0 Å². The van der Waals surface area contributed by atoms with Crippen molar-refractivity contribution < 1.29 is 14.6 Å². The van der Waals surface area contributed by atoms with E-state index in [-0.39, 0.29) is 5.92 Å². The summed E-state index contributed by atoms with van der Waals surface area (Å²) in [6.07, 6.45) is -1.20. The van der Waals surface area contributed by atoms with E-state index in [1.54, 1.807) is 0 Å². The number of ether oxygens (including phenoxy) is 1. The first-order chi connectivity index (χ1) is 13.6. The van der Waals surface area contributed by atoms with Gasteiger partial charge in [0.05, 0.1) is 12.5 Å². The van der Waals surface area contributed by atoms with Crippen molar-refractivity contribution in [1.82, 2.24) is 0 Å². The average Bonchev–Trinajstić information content (AvgIpc) is 3.31. The fraction of sp³-hybridized carbons (Fsp3) is 0.174. The predicted octanol–water partition coefficient (Wildman–Crippen LogP) is 1.93. The minimum atomic E-state index is -1.88. The van der Waals surface area contributed by atoms with Crippen LogP contribution in [0.3, 0.4) is 0 Å². The van der Waals surface area contributed by atoms with Crippen LogP contribution in [0, 0.1) is 5.92 Å². The first-order valence-corrected chi connectivity index (χ1v) is 12.1. The first-order valence-electron chi connectivity index (χ1n) is 9.59. The van der Waals surface area contributed by atoms with Crippen molar-refractivity contribution in [1.29, 1.82) is 0 Å². The zero-order valence-corrected chi connectivity index (χ0v) is 17.1. The van der Waals surface area contributed by atoms with E-state index in [0.717, 1.165) is 0 Å². The number of carbonyl (C=O) groups is 1. The fourth-order valence-corrected chi connectivity index (χ4v) is 7.12. The molecule has 0 aromatic heterocycles. The molecule has 0 amide bonds. The Hall–Kier alpha value is -2.10. The summed E-state index contributed by atoms with van der Waals surface area (Å²) in [5.74, 6) is -0.975. The van der Waals surface area contributed by atoms with Gasteiger partial charge in [0, 0.05) is 6.61 Å². The standard InChI is InChI=1S/C18H15Si.C5H8O3.Li/c1-4-10-16(11-5-1)19(17-12-6-2-7-13-17)18-14-8-3-9-15-18;6-5(7)4-1-2-8-3-4;/h1-15H;4H,1-3H2,(H,6,7);. The molecule has 1 N–H and O–H groups in total. The van der Waals surface area contributed by atoms with Crippen LogP contribution in [0.25, 0.3) is 0 Å². The van der Waals surface area contributed by atoms with Crippen LogP contribution in [0.1, 0.15) is 6.42 Å². The molecule has 1 saturated heterocycles. The summed E-state index contributed by atoms with van der Waals surface area (Å²) in [6.45, 7) is 1.01. The Morgan fingerprint density at radius 2 is 1.21 bits per heavy atom. The quantitative estimate of drug-likeness (QED) is 0.554. The van der Waals surface area contributed by atoms with E-state index >= 15 is 0 Å². The second-order valence-electron chi connectivity index (χ2n) is 7.12. The molecule has 1 heterocycles. The van der Waals surface area contributed by atoms with Gasteiger partial charge in [-0.25, -0.2) is 0 Å². The van der Waals surface area contributed by atoms with E-state index in [1.165, 1.54) is 15.6 Å². The zero-order valence-electron chi connectivity index (χ0n) is 16.1. The minimum absolute atomic E-state index is 0.241. The predicted molar refractivity (Wildman–Crippen MR) is 116 cm³/mol. The number of rotatable bonds is 4. The molecule has 1 atom stereocenters. The fourth-order valence-electron chi connectivity index (χ4n) is 3.54. The number of hydrogen-bond donors (Lipinski definition) is 1. The molecule has 1 aliphatic rings. The van der Waals surface area contributed by atoms with E-state index in [0.29, 0.717) is 19.6 Å². The molecule has 0 spiro atoms. The van der Waals surface area contributed by atoms with Gasteiger partial charge in [-0.15, -0.1) is 0 Å². The van der Waals surface area contributed by atoms with E-state index in [9.17, 15) is 4.79 Å². The van der Waals surface area contributed by atoms with Crippen LogP contribution < -0.4 is 15.6 Å². The first kappa shape index (κ1) is 20.6. The molecular formula is C23H23LiO3Si. The molecule has 1 unspecified atom stereocenters. The Kier molecular flexibility index (Phi) is 7.30. The van der Waals surface area contributed by atoms with Gasteiger partial charge >= 0.3 is 136 Å². The zero-order chi connectivity index (χ0) is 19.8. The van der Waals surface area contributed by atoms with Crippen molar-refractivity contribution in [2.45, 2.75) is 6.42 Å². The molecule has 28 heavy (non-hydrogen) atoms. The molecule has 3 aromatic rings. The second kappa shape index (κ2) is 9.90. The van der Waals surface area contributed by atoms with Crippen LogP contribution in [-0.4, -0.2) is 47.7 Å². The number of carboxylic acids is 1. The summed E-state index contributed by atoms with van der Waals surface area (Å²) >= 11 is 2.44. The molecule has 3 aromatic carbocycles. The third-order valence-corrected chi connectivity index (χ3v) is 9.80. The Balaban J connectivity index is 0.000000236. The van der Waals surface area contributed by atoms with Crippen LogP contribution in [0.15, 0.2) is 91.0 Å². The van der Waals surface area contributed by atoms with Crippen molar-refractivity contribution in [3.8, 4) is 0 Å². The maximum atomic E-state index is 10.1. The molecule has 0 saturated carbocycles. The van der Waals surface area contributed by atoms with Gasteiger partial charge in [0.15, 0.2) is 0 Å². The Morgan fingerprint density at radius 1 is 0.821 bits per heavy atom. The van der Waals surface area contributed by atoms with Crippen LogP contribution in [0.2, 0.25) is 0 Å². The normalized spacial score (nSPS) is 16.1. The summed E-state index contributed by atoms with van der Waals surface area (Å²) in [7, 11) is 0. The Morgan fingerprint density at radius 3 is 1.46 bits per heavy atom. The molecule has 0 aliphatic carbocycles. The van der Waals surface area contributed by atoms with Crippen molar-refractivity contribution in [3.63, 3.8) is 0 Å². The summed E-state index contributed by atoms with van der Waals surface area (Å²) in [5, 5.41) is 12.7. The maximum absolute atomic E-state index is 10.1. The molecular weight excluding hydrogens is 359 g/mol. The summed E-state index contributed by atoms with van der Waals surface area (Å²) in [5.41, 5.74) is 0.